The highest BCUT2D eigenvalue weighted by molar-refractivity contribution is 7.14. The van der Waals surface area contributed by atoms with E-state index in [9.17, 15) is 0 Å². The standard InChI is InChI=1S/C12H21ClN2S/c1-10(2)7-5-3-4-6-8-14-12-15-11(13)9-16-12/h9-10H,3-8H2,1-2H3,(H,14,15). The zero-order valence-electron chi connectivity index (χ0n) is 10.1. The number of aromatic nitrogens is 1. The molecule has 0 saturated carbocycles. The zero-order valence-corrected chi connectivity index (χ0v) is 11.7. The Labute approximate surface area is 107 Å². The van der Waals surface area contributed by atoms with Gasteiger partial charge in [-0.1, -0.05) is 51.1 Å². The highest BCUT2D eigenvalue weighted by Crippen LogP contribution is 2.18. The van der Waals surface area contributed by atoms with E-state index in [2.05, 4.69) is 24.1 Å². The molecule has 2 nitrogen and oxygen atoms in total. The topological polar surface area (TPSA) is 24.9 Å². The molecule has 1 aromatic rings. The van der Waals surface area contributed by atoms with Gasteiger partial charge in [-0.25, -0.2) is 4.98 Å². The molecule has 0 fully saturated rings. The summed E-state index contributed by atoms with van der Waals surface area (Å²) in [5.41, 5.74) is 0. The summed E-state index contributed by atoms with van der Waals surface area (Å²) in [6.07, 6.45) is 6.59. The Morgan fingerprint density at radius 3 is 2.69 bits per heavy atom. The van der Waals surface area contributed by atoms with E-state index in [4.69, 9.17) is 11.6 Å². The Morgan fingerprint density at radius 2 is 2.06 bits per heavy atom. The van der Waals surface area contributed by atoms with E-state index in [0.717, 1.165) is 17.6 Å². The third-order valence-electron chi connectivity index (χ3n) is 2.46. The van der Waals surface area contributed by atoms with Crippen LogP contribution in [0.2, 0.25) is 5.15 Å². The second-order valence-electron chi connectivity index (χ2n) is 4.50. The lowest BCUT2D eigenvalue weighted by Crippen LogP contribution is -2.00. The molecule has 0 radical (unpaired) electrons. The highest BCUT2D eigenvalue weighted by atomic mass is 35.5. The summed E-state index contributed by atoms with van der Waals surface area (Å²) in [4.78, 5) is 4.14. The van der Waals surface area contributed by atoms with Gasteiger partial charge in [0.05, 0.1) is 0 Å². The predicted molar refractivity (Wildman–Crippen MR) is 73.5 cm³/mol. The smallest absolute Gasteiger partial charge is 0.184 e. The molecule has 0 aromatic carbocycles. The molecule has 92 valence electrons. The van der Waals surface area contributed by atoms with Gasteiger partial charge in [-0.05, 0) is 12.3 Å². The quantitative estimate of drug-likeness (QED) is 0.678. The van der Waals surface area contributed by atoms with E-state index in [0.29, 0.717) is 5.15 Å². The second-order valence-corrected chi connectivity index (χ2v) is 5.74. The fourth-order valence-electron chi connectivity index (χ4n) is 1.56. The number of hydrogen-bond acceptors (Lipinski definition) is 3. The minimum Gasteiger partial charge on any atom is -0.361 e. The van der Waals surface area contributed by atoms with Crippen LogP contribution in [0.3, 0.4) is 0 Å². The molecule has 0 aliphatic heterocycles. The van der Waals surface area contributed by atoms with Crippen LogP contribution in [0.4, 0.5) is 5.13 Å². The third-order valence-corrected chi connectivity index (χ3v) is 3.58. The van der Waals surface area contributed by atoms with Crippen LogP contribution in [0.5, 0.6) is 0 Å². The maximum Gasteiger partial charge on any atom is 0.184 e. The van der Waals surface area contributed by atoms with Crippen LogP contribution in [-0.2, 0) is 0 Å². The van der Waals surface area contributed by atoms with Crippen molar-refractivity contribution in [3.8, 4) is 0 Å². The Kier molecular flexibility index (Phi) is 6.81. The van der Waals surface area contributed by atoms with Crippen LogP contribution in [0.15, 0.2) is 5.38 Å². The molecule has 16 heavy (non-hydrogen) atoms. The van der Waals surface area contributed by atoms with E-state index in [1.54, 1.807) is 11.3 Å². The molecule has 0 unspecified atom stereocenters. The molecule has 0 aliphatic rings. The fourth-order valence-corrected chi connectivity index (χ4v) is 2.43. The Bertz CT molecular complexity index is 286. The Morgan fingerprint density at radius 1 is 1.31 bits per heavy atom. The molecule has 4 heteroatoms. The molecule has 1 N–H and O–H groups in total. The molecule has 0 atom stereocenters. The highest BCUT2D eigenvalue weighted by Gasteiger charge is 1.98. The van der Waals surface area contributed by atoms with Crippen molar-refractivity contribution in [3.63, 3.8) is 0 Å². The zero-order chi connectivity index (χ0) is 11.8. The first-order valence-corrected chi connectivity index (χ1v) is 7.29. The average Bonchev–Trinajstić information content (AvgIpc) is 2.62. The average molecular weight is 261 g/mol. The van der Waals surface area contributed by atoms with Gasteiger partial charge < -0.3 is 5.32 Å². The lowest BCUT2D eigenvalue weighted by atomic mass is 10.0. The number of rotatable bonds is 8. The number of hydrogen-bond donors (Lipinski definition) is 1. The van der Waals surface area contributed by atoms with Crippen LogP contribution < -0.4 is 5.32 Å². The number of nitrogens with one attached hydrogen (secondary N) is 1. The van der Waals surface area contributed by atoms with E-state index < -0.39 is 0 Å². The third kappa shape index (κ3) is 6.33. The van der Waals surface area contributed by atoms with Crippen LogP contribution >= 0.6 is 22.9 Å². The van der Waals surface area contributed by atoms with Crippen molar-refractivity contribution in [2.75, 3.05) is 11.9 Å². The minimum atomic E-state index is 0.587. The molecular formula is C12H21ClN2S. The van der Waals surface area contributed by atoms with Crippen molar-refractivity contribution < 1.29 is 0 Å². The summed E-state index contributed by atoms with van der Waals surface area (Å²) in [6.45, 7) is 5.58. The van der Waals surface area contributed by atoms with Crippen molar-refractivity contribution in [3.05, 3.63) is 10.5 Å². The Hall–Kier alpha value is -0.280. The van der Waals surface area contributed by atoms with Crippen LogP contribution in [-0.4, -0.2) is 11.5 Å². The number of halogens is 1. The number of nitrogens with zero attached hydrogens (tertiary/aromatic N) is 1. The number of unbranched alkanes of at least 4 members (excludes halogenated alkanes) is 3. The van der Waals surface area contributed by atoms with Crippen molar-refractivity contribution in [2.45, 2.75) is 46.0 Å². The SMILES string of the molecule is CC(C)CCCCCCNc1nc(Cl)cs1. The largest absolute Gasteiger partial charge is 0.361 e. The molecule has 0 spiro atoms. The number of thiazole rings is 1. The monoisotopic (exact) mass is 260 g/mol. The van der Waals surface area contributed by atoms with Crippen LogP contribution in [0, 0.1) is 5.92 Å². The van der Waals surface area contributed by atoms with Gasteiger partial charge in [0.15, 0.2) is 5.13 Å². The molecule has 1 aromatic heterocycles. The van der Waals surface area contributed by atoms with Gasteiger partial charge in [-0.3, -0.25) is 0 Å². The van der Waals surface area contributed by atoms with Gasteiger partial charge in [0.25, 0.3) is 0 Å². The molecule has 1 heterocycles. The first kappa shape index (κ1) is 13.8. The maximum atomic E-state index is 5.73. The van der Waals surface area contributed by atoms with Crippen LogP contribution in [0.1, 0.15) is 46.0 Å². The number of anilines is 1. The normalized spacial score (nSPS) is 11.0. The summed E-state index contributed by atoms with van der Waals surface area (Å²) in [5.74, 6) is 0.843. The minimum absolute atomic E-state index is 0.587. The van der Waals surface area contributed by atoms with Gasteiger partial charge in [-0.15, -0.1) is 11.3 Å². The van der Waals surface area contributed by atoms with E-state index in [-0.39, 0.29) is 0 Å². The molecule has 0 saturated heterocycles. The predicted octanol–water partition coefficient (Wildman–Crippen LogP) is 4.81. The first-order chi connectivity index (χ1) is 7.68. The Balaban J connectivity index is 1.92. The summed E-state index contributed by atoms with van der Waals surface area (Å²) in [7, 11) is 0. The summed E-state index contributed by atoms with van der Waals surface area (Å²) in [5, 5.41) is 6.67. The van der Waals surface area contributed by atoms with Crippen molar-refractivity contribution in [1.82, 2.24) is 4.98 Å². The molecule has 0 aliphatic carbocycles. The van der Waals surface area contributed by atoms with E-state index in [1.165, 1.54) is 32.1 Å². The summed E-state index contributed by atoms with van der Waals surface area (Å²) in [6, 6.07) is 0. The summed E-state index contributed by atoms with van der Waals surface area (Å²) < 4.78 is 0. The van der Waals surface area contributed by atoms with Crippen molar-refractivity contribution in [1.29, 1.82) is 0 Å². The maximum absolute atomic E-state index is 5.73. The lowest BCUT2D eigenvalue weighted by molar-refractivity contribution is 0.523. The lowest BCUT2D eigenvalue weighted by Gasteiger charge is -2.04. The first-order valence-electron chi connectivity index (χ1n) is 6.03. The van der Waals surface area contributed by atoms with Gasteiger partial charge in [0.2, 0.25) is 0 Å². The van der Waals surface area contributed by atoms with E-state index >= 15 is 0 Å². The second kappa shape index (κ2) is 7.91. The van der Waals surface area contributed by atoms with Crippen LogP contribution in [0.25, 0.3) is 0 Å². The van der Waals surface area contributed by atoms with Gasteiger partial charge >= 0.3 is 0 Å². The molecule has 0 bridgehead atoms. The molecular weight excluding hydrogens is 240 g/mol. The molecule has 0 amide bonds. The van der Waals surface area contributed by atoms with Crippen molar-refractivity contribution in [2.24, 2.45) is 5.92 Å². The van der Waals surface area contributed by atoms with Gasteiger partial charge in [0, 0.05) is 11.9 Å². The van der Waals surface area contributed by atoms with Gasteiger partial charge in [-0.2, -0.15) is 0 Å². The van der Waals surface area contributed by atoms with Crippen molar-refractivity contribution >= 4 is 28.1 Å². The van der Waals surface area contributed by atoms with Gasteiger partial charge in [0.1, 0.15) is 5.15 Å². The van der Waals surface area contributed by atoms with E-state index in [1.807, 2.05) is 5.38 Å². The fraction of sp³-hybridized carbons (Fsp3) is 0.750. The molecule has 1 rings (SSSR count). The summed E-state index contributed by atoms with van der Waals surface area (Å²) >= 11 is 7.30.